The third-order valence-corrected chi connectivity index (χ3v) is 4.59. The molecule has 0 unspecified atom stereocenters. The zero-order valence-electron chi connectivity index (χ0n) is 16.9. The van der Waals surface area contributed by atoms with Crippen molar-refractivity contribution in [2.45, 2.75) is 19.1 Å². The standard InChI is InChI=1S/C21H23BrN2O7/c1-3-30-18(10-11-19(26)24-28)20(13-4-9-17(29-2)16(25)12-13)31-21(27)23-15-7-5-14(22)6-8-15/h4-12,18,20,25,28H,3H2,1-2H3,(H,23,27)(H,24,26)/b11-10+/t18-,20-/m1/s1. The molecule has 0 radical (unpaired) electrons. The van der Waals surface area contributed by atoms with E-state index in [4.69, 9.17) is 19.4 Å². The number of amides is 2. The zero-order valence-corrected chi connectivity index (χ0v) is 18.5. The maximum Gasteiger partial charge on any atom is 0.412 e. The summed E-state index contributed by atoms with van der Waals surface area (Å²) in [6.07, 6.45) is -0.311. The van der Waals surface area contributed by atoms with Crippen molar-refractivity contribution in [2.24, 2.45) is 0 Å². The highest BCUT2D eigenvalue weighted by molar-refractivity contribution is 9.10. The van der Waals surface area contributed by atoms with Crippen LogP contribution in [0.25, 0.3) is 0 Å². The maximum absolute atomic E-state index is 12.6. The highest BCUT2D eigenvalue weighted by atomic mass is 79.9. The first kappa shape index (κ1) is 24.2. The Morgan fingerprint density at radius 1 is 1.19 bits per heavy atom. The Labute approximate surface area is 187 Å². The van der Waals surface area contributed by atoms with Gasteiger partial charge in [-0.05, 0) is 55.0 Å². The van der Waals surface area contributed by atoms with Crippen LogP contribution in [0.1, 0.15) is 18.6 Å². The van der Waals surface area contributed by atoms with Crippen LogP contribution in [0.2, 0.25) is 0 Å². The number of hydroxylamine groups is 1. The highest BCUT2D eigenvalue weighted by Crippen LogP contribution is 2.33. The van der Waals surface area contributed by atoms with Crippen molar-refractivity contribution in [1.29, 1.82) is 0 Å². The van der Waals surface area contributed by atoms with Gasteiger partial charge in [-0.3, -0.25) is 15.3 Å². The van der Waals surface area contributed by atoms with Crippen molar-refractivity contribution < 1.29 is 34.1 Å². The van der Waals surface area contributed by atoms with Crippen LogP contribution >= 0.6 is 15.9 Å². The fourth-order valence-corrected chi connectivity index (χ4v) is 2.92. The zero-order chi connectivity index (χ0) is 22.8. The SMILES string of the molecule is CCO[C@H](/C=C/C(=O)NO)[C@H](OC(=O)Nc1ccc(Br)cc1)c1ccc(OC)c(O)c1. The van der Waals surface area contributed by atoms with Gasteiger partial charge in [-0.25, -0.2) is 10.3 Å². The Kier molecular flexibility index (Phi) is 9.32. The molecular formula is C21H23BrN2O7. The van der Waals surface area contributed by atoms with E-state index >= 15 is 0 Å². The number of hydrogen-bond acceptors (Lipinski definition) is 7. The molecule has 4 N–H and O–H groups in total. The summed E-state index contributed by atoms with van der Waals surface area (Å²) in [6.45, 7) is 1.98. The number of methoxy groups -OCH3 is 1. The van der Waals surface area contributed by atoms with Gasteiger partial charge >= 0.3 is 6.09 Å². The fourth-order valence-electron chi connectivity index (χ4n) is 2.66. The van der Waals surface area contributed by atoms with Gasteiger partial charge in [-0.2, -0.15) is 0 Å². The number of phenols is 1. The molecule has 10 heteroatoms. The smallest absolute Gasteiger partial charge is 0.412 e. The van der Waals surface area contributed by atoms with Crippen LogP contribution in [0.15, 0.2) is 59.1 Å². The van der Waals surface area contributed by atoms with Crippen molar-refractivity contribution in [3.8, 4) is 11.5 Å². The second-order valence-corrected chi connectivity index (χ2v) is 7.06. The third kappa shape index (κ3) is 7.28. The molecule has 9 nitrogen and oxygen atoms in total. The van der Waals surface area contributed by atoms with E-state index in [1.165, 1.54) is 30.8 Å². The predicted octanol–water partition coefficient (Wildman–Crippen LogP) is 3.92. The summed E-state index contributed by atoms with van der Waals surface area (Å²) in [7, 11) is 1.41. The average Bonchev–Trinajstić information content (AvgIpc) is 2.76. The number of ether oxygens (including phenoxy) is 3. The Morgan fingerprint density at radius 3 is 2.48 bits per heavy atom. The lowest BCUT2D eigenvalue weighted by Gasteiger charge is -2.25. The third-order valence-electron chi connectivity index (χ3n) is 4.06. The normalized spacial score (nSPS) is 12.8. The molecule has 0 aromatic heterocycles. The minimum absolute atomic E-state index is 0.158. The molecule has 0 aliphatic carbocycles. The van der Waals surface area contributed by atoms with Gasteiger partial charge < -0.3 is 19.3 Å². The first-order valence-electron chi connectivity index (χ1n) is 9.21. The van der Waals surface area contributed by atoms with Gasteiger partial charge in [-0.1, -0.05) is 22.0 Å². The van der Waals surface area contributed by atoms with Gasteiger partial charge in [-0.15, -0.1) is 0 Å². The number of carbonyl (C=O) groups is 2. The van der Waals surface area contributed by atoms with Crippen molar-refractivity contribution in [3.05, 3.63) is 64.7 Å². The molecule has 2 rings (SSSR count). The molecule has 0 saturated heterocycles. The lowest BCUT2D eigenvalue weighted by molar-refractivity contribution is -0.124. The molecule has 0 saturated carbocycles. The van der Waals surface area contributed by atoms with Crippen LogP contribution in [0.5, 0.6) is 11.5 Å². The number of carbonyl (C=O) groups excluding carboxylic acids is 2. The van der Waals surface area contributed by atoms with Gasteiger partial charge in [0.25, 0.3) is 5.91 Å². The predicted molar refractivity (Wildman–Crippen MR) is 116 cm³/mol. The Balaban J connectivity index is 2.33. The minimum atomic E-state index is -1.03. The molecule has 0 fully saturated rings. The average molecular weight is 495 g/mol. The first-order chi connectivity index (χ1) is 14.9. The minimum Gasteiger partial charge on any atom is -0.504 e. The highest BCUT2D eigenvalue weighted by Gasteiger charge is 2.27. The Morgan fingerprint density at radius 2 is 1.90 bits per heavy atom. The second kappa shape index (κ2) is 11.9. The summed E-state index contributed by atoms with van der Waals surface area (Å²) in [5, 5.41) is 21.5. The van der Waals surface area contributed by atoms with Crippen LogP contribution in [0, 0.1) is 0 Å². The molecule has 0 aliphatic heterocycles. The number of hydrogen-bond donors (Lipinski definition) is 4. The lowest BCUT2D eigenvalue weighted by Crippen LogP contribution is -2.28. The van der Waals surface area contributed by atoms with E-state index in [9.17, 15) is 14.7 Å². The van der Waals surface area contributed by atoms with Crippen LogP contribution in [-0.4, -0.2) is 42.1 Å². The van der Waals surface area contributed by atoms with Crippen LogP contribution < -0.4 is 15.5 Å². The molecule has 2 amide bonds. The summed E-state index contributed by atoms with van der Waals surface area (Å²) in [5.74, 6) is -0.695. The summed E-state index contributed by atoms with van der Waals surface area (Å²) < 4.78 is 17.1. The van der Waals surface area contributed by atoms with E-state index in [1.54, 1.807) is 37.3 Å². The van der Waals surface area contributed by atoms with E-state index in [0.717, 1.165) is 10.5 Å². The quantitative estimate of drug-likeness (QED) is 0.236. The molecule has 2 atom stereocenters. The summed E-state index contributed by atoms with van der Waals surface area (Å²) in [4.78, 5) is 24.0. The number of anilines is 1. The van der Waals surface area contributed by atoms with Crippen molar-refractivity contribution in [2.75, 3.05) is 19.0 Å². The molecule has 31 heavy (non-hydrogen) atoms. The maximum atomic E-state index is 12.6. The van der Waals surface area contributed by atoms with E-state index in [-0.39, 0.29) is 18.1 Å². The van der Waals surface area contributed by atoms with E-state index in [2.05, 4.69) is 21.2 Å². The summed E-state index contributed by atoms with van der Waals surface area (Å²) >= 11 is 3.32. The fraction of sp³-hybridized carbons (Fsp3) is 0.238. The molecule has 0 bridgehead atoms. The van der Waals surface area contributed by atoms with Gasteiger partial charge in [0.15, 0.2) is 17.6 Å². The van der Waals surface area contributed by atoms with Crippen molar-refractivity contribution in [3.63, 3.8) is 0 Å². The monoisotopic (exact) mass is 494 g/mol. The number of benzene rings is 2. The molecule has 2 aromatic carbocycles. The summed E-state index contributed by atoms with van der Waals surface area (Å²) in [5.41, 5.74) is 2.39. The molecular weight excluding hydrogens is 472 g/mol. The van der Waals surface area contributed by atoms with E-state index < -0.39 is 24.2 Å². The van der Waals surface area contributed by atoms with Crippen molar-refractivity contribution >= 4 is 33.6 Å². The lowest BCUT2D eigenvalue weighted by atomic mass is 10.0. The van der Waals surface area contributed by atoms with Gasteiger partial charge in [0.2, 0.25) is 0 Å². The van der Waals surface area contributed by atoms with Crippen LogP contribution in [-0.2, 0) is 14.3 Å². The van der Waals surface area contributed by atoms with Gasteiger partial charge in [0.1, 0.15) is 6.10 Å². The number of aromatic hydroxyl groups is 1. The van der Waals surface area contributed by atoms with Crippen LogP contribution in [0.4, 0.5) is 10.5 Å². The van der Waals surface area contributed by atoms with Gasteiger partial charge in [0.05, 0.1) is 7.11 Å². The number of nitrogens with one attached hydrogen (secondary N) is 2. The second-order valence-electron chi connectivity index (χ2n) is 6.14. The van der Waals surface area contributed by atoms with E-state index in [1.807, 2.05) is 0 Å². The molecule has 0 spiro atoms. The molecule has 2 aromatic rings. The molecule has 0 heterocycles. The largest absolute Gasteiger partial charge is 0.504 e. The molecule has 166 valence electrons. The molecule has 0 aliphatic rings. The van der Waals surface area contributed by atoms with Gasteiger partial charge in [0, 0.05) is 22.8 Å². The number of phenolic OH excluding ortho intramolecular Hbond substituents is 1. The number of rotatable bonds is 9. The van der Waals surface area contributed by atoms with Crippen molar-refractivity contribution in [1.82, 2.24) is 5.48 Å². The first-order valence-corrected chi connectivity index (χ1v) is 10.0. The number of halogens is 1. The summed E-state index contributed by atoms with van der Waals surface area (Å²) in [6, 6.07) is 11.4. The van der Waals surface area contributed by atoms with E-state index in [0.29, 0.717) is 11.3 Å². The Hall–Kier alpha value is -3.08. The van der Waals surface area contributed by atoms with Crippen LogP contribution in [0.3, 0.4) is 0 Å². The Bertz CT molecular complexity index is 918. The topological polar surface area (TPSA) is 126 Å².